The smallest absolute Gasteiger partial charge is 0.448 e. The molecule has 3 heterocycles. The maximum absolute atomic E-state index is 12.6. The Balaban J connectivity index is 1.74. The van der Waals surface area contributed by atoms with E-state index in [-0.39, 0.29) is 44.2 Å². The molecule has 19 nitrogen and oxygen atoms in total. The molecule has 1 aromatic rings. The average Bonchev–Trinajstić information content (AvgIpc) is 3.84. The predicted octanol–water partition coefficient (Wildman–Crippen LogP) is 4.69. The van der Waals surface area contributed by atoms with Gasteiger partial charge in [0.1, 0.15) is 30.3 Å². The molecule has 15 atom stereocenters. The number of amides is 1. The number of phosphoric acid groups is 1. The molecule has 3 rings (SSSR count). The van der Waals surface area contributed by atoms with Crippen LogP contribution < -0.4 is 5.32 Å². The van der Waals surface area contributed by atoms with Crippen LogP contribution in [0.3, 0.4) is 0 Å². The van der Waals surface area contributed by atoms with E-state index in [9.17, 15) is 44.7 Å². The van der Waals surface area contributed by atoms with Crippen molar-refractivity contribution < 1.29 is 72.6 Å². The van der Waals surface area contributed by atoms with Crippen molar-refractivity contribution in [2.45, 2.75) is 161 Å². The highest BCUT2D eigenvalue weighted by molar-refractivity contribution is 7.46. The van der Waals surface area contributed by atoms with Crippen LogP contribution in [0, 0.1) is 34.5 Å². The van der Waals surface area contributed by atoms with Gasteiger partial charge in [-0.05, 0) is 64.9 Å². The van der Waals surface area contributed by atoms with Crippen molar-refractivity contribution in [1.82, 2.24) is 15.2 Å². The van der Waals surface area contributed by atoms with Gasteiger partial charge in [0.15, 0.2) is 17.8 Å². The summed E-state index contributed by atoms with van der Waals surface area (Å²) in [5.41, 5.74) is 1.87. The van der Waals surface area contributed by atoms with Gasteiger partial charge in [-0.15, -0.1) is 0 Å². The number of ether oxygens (including phenoxy) is 4. The number of methoxy groups -OCH3 is 2. The number of oxazole rings is 1. The number of likely N-dealkylation sites (N-methyl/N-ethyl adjacent to an activating group) is 1. The molecule has 0 aliphatic carbocycles. The molecule has 70 heavy (non-hydrogen) atoms. The molecular weight excluding hydrogens is 928 g/mol. The van der Waals surface area contributed by atoms with E-state index in [0.29, 0.717) is 18.0 Å². The normalized spacial score (nSPS) is 27.6. The van der Waals surface area contributed by atoms with E-state index in [4.69, 9.17) is 33.2 Å². The second-order valence-corrected chi connectivity index (χ2v) is 21.1. The molecule has 0 saturated carbocycles. The lowest BCUT2D eigenvalue weighted by molar-refractivity contribution is -0.334. The SMILES string of the molecule is COC[C@@H]([C@H](O)[C@H](O)C(=O)NCC[C@H](C)c1nc(/C=C/C[C@@H]2O[C@@]3(C[C@@H](O)[C@@H]2C)O[C@H]([C@H](C[C@H](O)[C@H](C)[C@H](O)[C@H](C)/C=C(C)/C(C)=C/C=C/C(C)=C\C#N)OC)[C@H](OP(=O)(O)O)C3(C)C)co1)N(C)C. The Morgan fingerprint density at radius 1 is 1.09 bits per heavy atom. The van der Waals surface area contributed by atoms with Crippen molar-refractivity contribution >= 4 is 19.8 Å². The maximum atomic E-state index is 12.6. The molecule has 0 unspecified atom stereocenters. The van der Waals surface area contributed by atoms with Crippen molar-refractivity contribution in [2.75, 3.05) is 41.5 Å². The maximum Gasteiger partial charge on any atom is 0.469 e. The van der Waals surface area contributed by atoms with Gasteiger partial charge in [-0.2, -0.15) is 5.26 Å². The third-order valence-corrected chi connectivity index (χ3v) is 14.5. The summed E-state index contributed by atoms with van der Waals surface area (Å²) >= 11 is 0. The zero-order valence-electron chi connectivity index (χ0n) is 43.1. The van der Waals surface area contributed by atoms with Crippen LogP contribution in [0.1, 0.15) is 105 Å². The molecule has 0 radical (unpaired) electrons. The topological polar surface area (TPSA) is 287 Å². The number of nitrogens with zero attached hydrogens (tertiary/aromatic N) is 3. The number of aliphatic hydroxyl groups excluding tert-OH is 5. The van der Waals surface area contributed by atoms with Crippen molar-refractivity contribution in [3.63, 3.8) is 0 Å². The van der Waals surface area contributed by atoms with E-state index in [0.717, 1.165) is 16.7 Å². The lowest BCUT2D eigenvalue weighted by Crippen LogP contribution is -2.58. The second kappa shape index (κ2) is 27.0. The van der Waals surface area contributed by atoms with Gasteiger partial charge in [0.25, 0.3) is 5.91 Å². The van der Waals surface area contributed by atoms with Crippen LogP contribution in [-0.2, 0) is 32.8 Å². The van der Waals surface area contributed by atoms with Gasteiger partial charge in [0.05, 0.1) is 49.2 Å². The lowest BCUT2D eigenvalue weighted by atomic mass is 9.72. The van der Waals surface area contributed by atoms with Gasteiger partial charge in [0.2, 0.25) is 0 Å². The Morgan fingerprint density at radius 3 is 2.36 bits per heavy atom. The largest absolute Gasteiger partial charge is 0.469 e. The number of carbonyl (C=O) groups excluding carboxylic acids is 1. The number of phosphoric ester groups is 1. The molecule has 8 N–H and O–H groups in total. The van der Waals surface area contributed by atoms with Crippen LogP contribution in [0.5, 0.6) is 0 Å². The summed E-state index contributed by atoms with van der Waals surface area (Å²) in [7, 11) is 1.12. The number of rotatable bonds is 26. The standard InChI is InChI=1S/C50H81N4O15P/c1-29(20-22-51)16-14-17-30(2)32(4)24-33(5)42(57)35(7)38(55)25-41(65-13)45-46(69-70(61,62)63)49(8,9)50(68-45)26-39(56)34(6)40(67-50)19-15-18-36-27-66-48(53-36)31(3)21-23-52-47(60)44(59)43(58)37(28-64-12)54(10)11/h14-18,20,24,27,31,33-35,37-46,55-59H,19,21,23,25-26,28H2,1-13H3,(H,52,60)(H2,61,62,63)/b16-14+,18-15+,29-20-,30-17+,32-24+/t31-,33+,34-,35-,37-,38-,39+,40-,41-,42+,43-,44-,45+,46-,50-/m0/s1. The number of hydrogen-bond donors (Lipinski definition) is 8. The van der Waals surface area contributed by atoms with E-state index in [2.05, 4.69) is 10.3 Å². The number of aromatic nitrogens is 1. The van der Waals surface area contributed by atoms with Gasteiger partial charge in [-0.25, -0.2) is 9.55 Å². The Morgan fingerprint density at radius 2 is 1.76 bits per heavy atom. The molecule has 1 aromatic heterocycles. The van der Waals surface area contributed by atoms with Gasteiger partial charge in [-0.1, -0.05) is 77.5 Å². The summed E-state index contributed by atoms with van der Waals surface area (Å²) in [4.78, 5) is 39.2. The zero-order chi connectivity index (χ0) is 52.9. The highest BCUT2D eigenvalue weighted by Gasteiger charge is 2.68. The highest BCUT2D eigenvalue weighted by Crippen LogP contribution is 2.59. The second-order valence-electron chi connectivity index (χ2n) is 19.9. The Hall–Kier alpha value is -3.42. The minimum absolute atomic E-state index is 0.0645. The van der Waals surface area contributed by atoms with Gasteiger partial charge < -0.3 is 68.9 Å². The molecule has 1 amide bonds. The van der Waals surface area contributed by atoms with Crippen LogP contribution in [0.2, 0.25) is 0 Å². The molecule has 2 saturated heterocycles. The number of nitrogens with one attached hydrogen (secondary N) is 1. The van der Waals surface area contributed by atoms with Crippen LogP contribution in [0.4, 0.5) is 0 Å². The molecule has 20 heteroatoms. The number of nitriles is 1. The first-order valence-corrected chi connectivity index (χ1v) is 25.4. The van der Waals surface area contributed by atoms with E-state index < -0.39 is 97.7 Å². The highest BCUT2D eigenvalue weighted by atomic mass is 31.2. The van der Waals surface area contributed by atoms with Gasteiger partial charge in [0, 0.05) is 68.8 Å². The van der Waals surface area contributed by atoms with E-state index >= 15 is 0 Å². The monoisotopic (exact) mass is 1010 g/mol. The lowest BCUT2D eigenvalue weighted by Gasteiger charge is -2.50. The fraction of sp³-hybridized carbons (Fsp3) is 0.700. The number of hydrogen-bond acceptors (Lipinski definition) is 16. The molecule has 1 spiro atoms. The number of allylic oxidation sites excluding steroid dienone is 7. The van der Waals surface area contributed by atoms with Crippen LogP contribution in [-0.4, -0.2) is 159 Å². The zero-order valence-corrected chi connectivity index (χ0v) is 44.0. The number of carbonyl (C=O) groups is 1. The molecule has 2 fully saturated rings. The first-order valence-electron chi connectivity index (χ1n) is 23.8. The first-order chi connectivity index (χ1) is 32.6. The minimum atomic E-state index is -5.15. The molecule has 2 aliphatic rings. The summed E-state index contributed by atoms with van der Waals surface area (Å²) in [6.45, 7) is 16.6. The van der Waals surface area contributed by atoms with Crippen molar-refractivity contribution in [3.05, 3.63) is 71.0 Å². The summed E-state index contributed by atoms with van der Waals surface area (Å²) in [5.74, 6) is -3.63. The average molecular weight is 1010 g/mol. The third kappa shape index (κ3) is 16.3. The Kier molecular flexibility index (Phi) is 23.5. The van der Waals surface area contributed by atoms with Crippen LogP contribution in [0.15, 0.2) is 63.9 Å². The van der Waals surface area contributed by atoms with Crippen molar-refractivity contribution in [3.8, 4) is 6.07 Å². The van der Waals surface area contributed by atoms with E-state index in [1.165, 1.54) is 26.6 Å². The molecular formula is C50H81N4O15P. The summed E-state index contributed by atoms with van der Waals surface area (Å²) in [6, 6.07) is 1.40. The molecule has 0 aromatic carbocycles. The quantitative estimate of drug-likeness (QED) is 0.0355. The van der Waals surface area contributed by atoms with E-state index in [1.54, 1.807) is 45.8 Å². The molecule has 2 aliphatic heterocycles. The van der Waals surface area contributed by atoms with Crippen LogP contribution >= 0.6 is 7.82 Å². The molecule has 0 bridgehead atoms. The fourth-order valence-electron chi connectivity index (χ4n) is 8.96. The Labute approximate surface area is 414 Å². The number of aliphatic hydroxyl groups is 5. The fourth-order valence-corrected chi connectivity index (χ4v) is 9.64. The van der Waals surface area contributed by atoms with Crippen molar-refractivity contribution in [2.24, 2.45) is 23.2 Å². The van der Waals surface area contributed by atoms with Gasteiger partial charge in [-0.3, -0.25) is 9.32 Å². The van der Waals surface area contributed by atoms with Gasteiger partial charge >= 0.3 is 7.82 Å². The van der Waals surface area contributed by atoms with Crippen molar-refractivity contribution in [1.29, 1.82) is 5.26 Å². The summed E-state index contributed by atoms with van der Waals surface area (Å²) in [5, 5.41) is 67.1. The summed E-state index contributed by atoms with van der Waals surface area (Å²) < 4.78 is 48.2. The summed E-state index contributed by atoms with van der Waals surface area (Å²) in [6.07, 6.45) is 4.10. The minimum Gasteiger partial charge on any atom is -0.448 e. The van der Waals surface area contributed by atoms with Crippen LogP contribution in [0.25, 0.3) is 6.08 Å². The Bertz CT molecular complexity index is 2080. The first kappa shape index (κ1) is 60.9. The predicted molar refractivity (Wildman–Crippen MR) is 262 cm³/mol. The van der Waals surface area contributed by atoms with E-state index in [1.807, 2.05) is 78.0 Å². The third-order valence-electron chi connectivity index (χ3n) is 14.0. The molecule has 396 valence electrons.